The van der Waals surface area contributed by atoms with Crippen LogP contribution in [0, 0.1) is 0 Å². The number of fused-ring (bicyclic) bond motifs is 1. The molecular weight excluding hydrogens is 204 g/mol. The summed E-state index contributed by atoms with van der Waals surface area (Å²) < 4.78 is 5.13. The summed E-state index contributed by atoms with van der Waals surface area (Å²) in [5.41, 5.74) is 2.71. The maximum absolute atomic E-state index is 11.1. The van der Waals surface area contributed by atoms with E-state index in [2.05, 4.69) is 0 Å². The van der Waals surface area contributed by atoms with Gasteiger partial charge >= 0.3 is 5.97 Å². The Hall–Kier alpha value is -1.51. The standard InChI is InChI=1S/C13H16O3/c1-16-12-8-10-6-4-2-3-5-9(10)7-11(12)13(14)15/h7-8H,2-6H2,1H3,(H,14,15). The molecule has 0 heterocycles. The number of ether oxygens (including phenoxy) is 1. The number of methoxy groups -OCH3 is 1. The number of aryl methyl sites for hydroxylation is 2. The summed E-state index contributed by atoms with van der Waals surface area (Å²) in [5, 5.41) is 9.09. The van der Waals surface area contributed by atoms with Crippen molar-refractivity contribution < 1.29 is 14.6 Å². The fourth-order valence-corrected chi connectivity index (χ4v) is 2.28. The molecule has 0 spiro atoms. The smallest absolute Gasteiger partial charge is 0.339 e. The van der Waals surface area contributed by atoms with E-state index in [1.807, 2.05) is 6.07 Å². The lowest BCUT2D eigenvalue weighted by molar-refractivity contribution is 0.0693. The molecule has 0 saturated heterocycles. The van der Waals surface area contributed by atoms with Gasteiger partial charge in [0.2, 0.25) is 0 Å². The van der Waals surface area contributed by atoms with Gasteiger partial charge in [-0.15, -0.1) is 0 Å². The van der Waals surface area contributed by atoms with Crippen LogP contribution in [-0.2, 0) is 12.8 Å². The normalized spacial score (nSPS) is 15.1. The van der Waals surface area contributed by atoms with Crippen molar-refractivity contribution in [2.24, 2.45) is 0 Å². The van der Waals surface area contributed by atoms with Crippen LogP contribution in [0.25, 0.3) is 0 Å². The fourth-order valence-electron chi connectivity index (χ4n) is 2.28. The van der Waals surface area contributed by atoms with Crippen LogP contribution in [0.3, 0.4) is 0 Å². The van der Waals surface area contributed by atoms with E-state index < -0.39 is 5.97 Å². The molecule has 1 aromatic rings. The summed E-state index contributed by atoms with van der Waals surface area (Å²) in [5.74, 6) is -0.433. The molecule has 1 aromatic carbocycles. The molecule has 3 heteroatoms. The van der Waals surface area contributed by atoms with E-state index in [4.69, 9.17) is 9.84 Å². The van der Waals surface area contributed by atoms with Crippen LogP contribution in [0.15, 0.2) is 12.1 Å². The van der Waals surface area contributed by atoms with E-state index in [0.29, 0.717) is 5.75 Å². The van der Waals surface area contributed by atoms with Crippen molar-refractivity contribution in [2.75, 3.05) is 7.11 Å². The van der Waals surface area contributed by atoms with Crippen molar-refractivity contribution in [3.8, 4) is 5.75 Å². The first kappa shape index (κ1) is 11.0. The van der Waals surface area contributed by atoms with E-state index >= 15 is 0 Å². The summed E-state index contributed by atoms with van der Waals surface area (Å²) in [7, 11) is 1.52. The van der Waals surface area contributed by atoms with E-state index in [1.165, 1.54) is 31.1 Å². The van der Waals surface area contributed by atoms with E-state index in [0.717, 1.165) is 19.3 Å². The molecule has 1 aliphatic carbocycles. The summed E-state index contributed by atoms with van der Waals surface area (Å²) in [6, 6.07) is 3.67. The minimum absolute atomic E-state index is 0.281. The molecule has 1 N–H and O–H groups in total. The number of hydrogen-bond acceptors (Lipinski definition) is 2. The van der Waals surface area contributed by atoms with Crippen molar-refractivity contribution in [1.82, 2.24) is 0 Å². The van der Waals surface area contributed by atoms with Gasteiger partial charge in [-0.25, -0.2) is 4.79 Å². The van der Waals surface area contributed by atoms with Gasteiger partial charge in [0.1, 0.15) is 11.3 Å². The van der Waals surface area contributed by atoms with Crippen molar-refractivity contribution >= 4 is 5.97 Å². The zero-order valence-corrected chi connectivity index (χ0v) is 9.45. The molecule has 0 saturated carbocycles. The van der Waals surface area contributed by atoms with Gasteiger partial charge in [-0.05, 0) is 48.9 Å². The Labute approximate surface area is 95.0 Å². The van der Waals surface area contributed by atoms with Crippen LogP contribution >= 0.6 is 0 Å². The van der Waals surface area contributed by atoms with Gasteiger partial charge in [0.25, 0.3) is 0 Å². The van der Waals surface area contributed by atoms with Crippen molar-refractivity contribution in [1.29, 1.82) is 0 Å². The molecule has 0 atom stereocenters. The van der Waals surface area contributed by atoms with Gasteiger partial charge in [0, 0.05) is 0 Å². The maximum atomic E-state index is 11.1. The Morgan fingerprint density at radius 1 is 1.19 bits per heavy atom. The number of rotatable bonds is 2. The number of carbonyl (C=O) groups is 1. The van der Waals surface area contributed by atoms with Crippen molar-refractivity contribution in [2.45, 2.75) is 32.1 Å². The molecule has 0 amide bonds. The van der Waals surface area contributed by atoms with Crippen LogP contribution in [-0.4, -0.2) is 18.2 Å². The van der Waals surface area contributed by atoms with E-state index in [9.17, 15) is 4.79 Å². The molecule has 0 bridgehead atoms. The van der Waals surface area contributed by atoms with Gasteiger partial charge < -0.3 is 9.84 Å². The lowest BCUT2D eigenvalue weighted by atomic mass is 9.99. The lowest BCUT2D eigenvalue weighted by Gasteiger charge is -2.11. The average molecular weight is 220 g/mol. The van der Waals surface area contributed by atoms with Crippen molar-refractivity contribution in [3.05, 3.63) is 28.8 Å². The molecule has 0 aliphatic heterocycles. The highest BCUT2D eigenvalue weighted by Crippen LogP contribution is 2.28. The van der Waals surface area contributed by atoms with Gasteiger partial charge in [0.15, 0.2) is 0 Å². The quantitative estimate of drug-likeness (QED) is 0.779. The highest BCUT2D eigenvalue weighted by atomic mass is 16.5. The Bertz CT molecular complexity index is 410. The number of carboxylic acids is 1. The summed E-state index contributed by atoms with van der Waals surface area (Å²) in [6.07, 6.45) is 5.57. The third kappa shape index (κ3) is 2.03. The van der Waals surface area contributed by atoms with E-state index in [1.54, 1.807) is 6.07 Å². The first-order chi connectivity index (χ1) is 7.72. The second-order valence-corrected chi connectivity index (χ2v) is 4.19. The third-order valence-electron chi connectivity index (χ3n) is 3.14. The molecule has 0 radical (unpaired) electrons. The van der Waals surface area contributed by atoms with Crippen LogP contribution in [0.5, 0.6) is 5.75 Å². The second-order valence-electron chi connectivity index (χ2n) is 4.19. The SMILES string of the molecule is COc1cc2c(cc1C(=O)O)CCCCC2. The highest BCUT2D eigenvalue weighted by Gasteiger charge is 2.16. The molecule has 86 valence electrons. The van der Waals surface area contributed by atoms with E-state index in [-0.39, 0.29) is 5.56 Å². The monoisotopic (exact) mass is 220 g/mol. The zero-order valence-electron chi connectivity index (χ0n) is 9.45. The molecule has 1 aliphatic rings. The van der Waals surface area contributed by atoms with Gasteiger partial charge in [-0.1, -0.05) is 6.42 Å². The second kappa shape index (κ2) is 4.56. The Morgan fingerprint density at radius 2 is 1.81 bits per heavy atom. The summed E-state index contributed by atoms with van der Waals surface area (Å²) in [6.45, 7) is 0. The lowest BCUT2D eigenvalue weighted by Crippen LogP contribution is -2.04. The predicted octanol–water partition coefficient (Wildman–Crippen LogP) is 2.66. The first-order valence-corrected chi connectivity index (χ1v) is 5.65. The minimum atomic E-state index is -0.913. The van der Waals surface area contributed by atoms with Gasteiger partial charge in [0.05, 0.1) is 7.11 Å². The molecule has 16 heavy (non-hydrogen) atoms. The zero-order chi connectivity index (χ0) is 11.5. The summed E-state index contributed by atoms with van der Waals surface area (Å²) in [4.78, 5) is 11.1. The van der Waals surface area contributed by atoms with Crippen molar-refractivity contribution in [3.63, 3.8) is 0 Å². The Balaban J connectivity index is 2.48. The number of hydrogen-bond donors (Lipinski definition) is 1. The molecule has 3 nitrogen and oxygen atoms in total. The predicted molar refractivity (Wildman–Crippen MR) is 61.2 cm³/mol. The van der Waals surface area contributed by atoms with Crippen LogP contribution in [0.1, 0.15) is 40.7 Å². The number of benzene rings is 1. The molecule has 0 aromatic heterocycles. The van der Waals surface area contributed by atoms with Crippen LogP contribution in [0.4, 0.5) is 0 Å². The molecule has 0 fully saturated rings. The van der Waals surface area contributed by atoms with Crippen LogP contribution < -0.4 is 4.74 Å². The first-order valence-electron chi connectivity index (χ1n) is 5.65. The molecule has 0 unspecified atom stereocenters. The highest BCUT2D eigenvalue weighted by molar-refractivity contribution is 5.91. The van der Waals surface area contributed by atoms with Gasteiger partial charge in [-0.2, -0.15) is 0 Å². The average Bonchev–Trinajstić information content (AvgIpc) is 2.51. The largest absolute Gasteiger partial charge is 0.496 e. The number of aromatic carboxylic acids is 1. The Kier molecular flexibility index (Phi) is 3.13. The topological polar surface area (TPSA) is 46.5 Å². The molecular formula is C13H16O3. The molecule has 2 rings (SSSR count). The summed E-state index contributed by atoms with van der Waals surface area (Å²) >= 11 is 0. The fraction of sp³-hybridized carbons (Fsp3) is 0.462. The number of carboxylic acid groups (broad SMARTS) is 1. The van der Waals surface area contributed by atoms with Crippen LogP contribution in [0.2, 0.25) is 0 Å². The minimum Gasteiger partial charge on any atom is -0.496 e. The third-order valence-corrected chi connectivity index (χ3v) is 3.14. The maximum Gasteiger partial charge on any atom is 0.339 e. The van der Waals surface area contributed by atoms with Gasteiger partial charge in [-0.3, -0.25) is 0 Å². The Morgan fingerprint density at radius 3 is 2.38 bits per heavy atom.